The fourth-order valence-corrected chi connectivity index (χ4v) is 5.10. The van der Waals surface area contributed by atoms with E-state index in [2.05, 4.69) is 14.9 Å². The molecule has 0 radical (unpaired) electrons. The summed E-state index contributed by atoms with van der Waals surface area (Å²) in [6.45, 7) is 1.06. The predicted molar refractivity (Wildman–Crippen MR) is 82.5 cm³/mol. The molecule has 1 heterocycles. The SMILES string of the molecule is CNCc1sccc1S(=O)(=O)NCC1(N(C)C)CCC1. The second kappa shape index (κ2) is 6.11. The van der Waals surface area contributed by atoms with Crippen LogP contribution in [0.25, 0.3) is 0 Å². The van der Waals surface area contributed by atoms with Crippen molar-refractivity contribution in [3.63, 3.8) is 0 Å². The van der Waals surface area contributed by atoms with Crippen LogP contribution in [0.1, 0.15) is 24.1 Å². The minimum Gasteiger partial charge on any atom is -0.315 e. The van der Waals surface area contributed by atoms with Gasteiger partial charge in [0.05, 0.1) is 4.90 Å². The van der Waals surface area contributed by atoms with E-state index in [1.807, 2.05) is 26.5 Å². The second-order valence-electron chi connectivity index (χ2n) is 5.54. The lowest BCUT2D eigenvalue weighted by Crippen LogP contribution is -2.57. The van der Waals surface area contributed by atoms with Crippen LogP contribution >= 0.6 is 11.3 Å². The van der Waals surface area contributed by atoms with Crippen molar-refractivity contribution in [2.24, 2.45) is 0 Å². The van der Waals surface area contributed by atoms with Crippen molar-refractivity contribution in [1.82, 2.24) is 14.9 Å². The molecule has 20 heavy (non-hydrogen) atoms. The van der Waals surface area contributed by atoms with Crippen molar-refractivity contribution in [1.29, 1.82) is 0 Å². The van der Waals surface area contributed by atoms with Crippen molar-refractivity contribution in [3.05, 3.63) is 16.3 Å². The van der Waals surface area contributed by atoms with E-state index in [1.165, 1.54) is 17.8 Å². The summed E-state index contributed by atoms with van der Waals surface area (Å²) >= 11 is 1.47. The Hall–Kier alpha value is -0.470. The number of rotatable bonds is 7. The summed E-state index contributed by atoms with van der Waals surface area (Å²) in [4.78, 5) is 3.40. The monoisotopic (exact) mass is 317 g/mol. The van der Waals surface area contributed by atoms with Gasteiger partial charge in [-0.1, -0.05) is 0 Å². The molecule has 1 aromatic rings. The normalized spacial score (nSPS) is 18.2. The van der Waals surface area contributed by atoms with E-state index in [0.717, 1.165) is 17.7 Å². The summed E-state index contributed by atoms with van der Waals surface area (Å²) in [5.41, 5.74) is -0.00768. The van der Waals surface area contributed by atoms with E-state index in [-0.39, 0.29) is 5.54 Å². The molecule has 0 aliphatic heterocycles. The zero-order chi connectivity index (χ0) is 14.8. The number of likely N-dealkylation sites (N-methyl/N-ethyl adjacent to an activating group) is 1. The minimum absolute atomic E-state index is 0.00768. The minimum atomic E-state index is -3.42. The van der Waals surface area contributed by atoms with Crippen LogP contribution in [0.4, 0.5) is 0 Å². The lowest BCUT2D eigenvalue weighted by Gasteiger charge is -2.47. The molecule has 0 atom stereocenters. The lowest BCUT2D eigenvalue weighted by molar-refractivity contribution is 0.0657. The molecule has 5 nitrogen and oxygen atoms in total. The highest BCUT2D eigenvalue weighted by atomic mass is 32.2. The van der Waals surface area contributed by atoms with Crippen LogP contribution in [-0.2, 0) is 16.6 Å². The molecule has 7 heteroatoms. The molecule has 0 saturated heterocycles. The first kappa shape index (κ1) is 15.9. The zero-order valence-corrected chi connectivity index (χ0v) is 13.9. The van der Waals surface area contributed by atoms with Crippen LogP contribution in [0.15, 0.2) is 16.3 Å². The molecule has 2 N–H and O–H groups in total. The molecule has 1 aromatic heterocycles. The van der Waals surface area contributed by atoms with E-state index in [9.17, 15) is 8.42 Å². The van der Waals surface area contributed by atoms with Crippen LogP contribution in [0.2, 0.25) is 0 Å². The first-order valence-corrected chi connectivity index (χ1v) is 9.16. The average molecular weight is 317 g/mol. The van der Waals surface area contributed by atoms with Crippen LogP contribution in [0.5, 0.6) is 0 Å². The van der Waals surface area contributed by atoms with Gasteiger partial charge in [0, 0.05) is 23.5 Å². The fraction of sp³-hybridized carbons (Fsp3) is 0.692. The Bertz CT molecular complexity index is 548. The molecule has 0 amide bonds. The number of sulfonamides is 1. The van der Waals surface area contributed by atoms with Crippen molar-refractivity contribution in [2.45, 2.75) is 36.2 Å². The molecule has 114 valence electrons. The number of nitrogens with one attached hydrogen (secondary N) is 2. The zero-order valence-electron chi connectivity index (χ0n) is 12.3. The summed E-state index contributed by atoms with van der Waals surface area (Å²) in [6, 6.07) is 1.68. The maximum absolute atomic E-state index is 12.4. The second-order valence-corrected chi connectivity index (χ2v) is 8.27. The van der Waals surface area contributed by atoms with Crippen LogP contribution < -0.4 is 10.0 Å². The Balaban J connectivity index is 2.09. The van der Waals surface area contributed by atoms with Crippen molar-refractivity contribution < 1.29 is 8.42 Å². The molecule has 1 aliphatic carbocycles. The van der Waals surface area contributed by atoms with E-state index in [0.29, 0.717) is 18.0 Å². The molecule has 1 fully saturated rings. The number of thiophene rings is 1. The third-order valence-electron chi connectivity index (χ3n) is 4.16. The van der Waals surface area contributed by atoms with Gasteiger partial charge in [-0.15, -0.1) is 11.3 Å². The van der Waals surface area contributed by atoms with E-state index in [1.54, 1.807) is 6.07 Å². The van der Waals surface area contributed by atoms with Gasteiger partial charge in [-0.05, 0) is 51.9 Å². The molecule has 1 saturated carbocycles. The van der Waals surface area contributed by atoms with Crippen molar-refractivity contribution in [2.75, 3.05) is 27.7 Å². The van der Waals surface area contributed by atoms with Gasteiger partial charge in [0.15, 0.2) is 0 Å². The third kappa shape index (κ3) is 3.07. The first-order valence-electron chi connectivity index (χ1n) is 6.79. The lowest BCUT2D eigenvalue weighted by atomic mass is 9.76. The largest absolute Gasteiger partial charge is 0.315 e. The molecule has 0 unspecified atom stereocenters. The summed E-state index contributed by atoms with van der Waals surface area (Å²) in [5.74, 6) is 0. The Morgan fingerprint density at radius 1 is 1.40 bits per heavy atom. The standard InChI is InChI=1S/C13H23N3O2S2/c1-14-9-11-12(5-8-19-11)20(17,18)15-10-13(16(2)3)6-4-7-13/h5,8,14-15H,4,6-7,9-10H2,1-3H3. The van der Waals surface area contributed by atoms with Crippen LogP contribution in [0.3, 0.4) is 0 Å². The van der Waals surface area contributed by atoms with E-state index < -0.39 is 10.0 Å². The Kier molecular flexibility index (Phi) is 4.86. The Morgan fingerprint density at radius 3 is 2.60 bits per heavy atom. The summed E-state index contributed by atoms with van der Waals surface area (Å²) in [6.07, 6.45) is 3.27. The van der Waals surface area contributed by atoms with Crippen molar-refractivity contribution in [3.8, 4) is 0 Å². The van der Waals surface area contributed by atoms with E-state index >= 15 is 0 Å². The smallest absolute Gasteiger partial charge is 0.241 e. The maximum atomic E-state index is 12.4. The van der Waals surface area contributed by atoms with Crippen LogP contribution in [0, 0.1) is 0 Å². The van der Waals surface area contributed by atoms with Gasteiger partial charge in [-0.25, -0.2) is 13.1 Å². The molecule has 2 rings (SSSR count). The topological polar surface area (TPSA) is 61.4 Å². The highest BCUT2D eigenvalue weighted by molar-refractivity contribution is 7.89. The molecule has 0 spiro atoms. The maximum Gasteiger partial charge on any atom is 0.241 e. The highest BCUT2D eigenvalue weighted by Crippen LogP contribution is 2.35. The molecular weight excluding hydrogens is 294 g/mol. The number of hydrogen-bond donors (Lipinski definition) is 2. The van der Waals surface area contributed by atoms with E-state index in [4.69, 9.17) is 0 Å². The Morgan fingerprint density at radius 2 is 2.10 bits per heavy atom. The first-order chi connectivity index (χ1) is 9.41. The van der Waals surface area contributed by atoms with Gasteiger partial charge in [0.2, 0.25) is 10.0 Å². The van der Waals surface area contributed by atoms with Gasteiger partial charge in [-0.3, -0.25) is 0 Å². The van der Waals surface area contributed by atoms with Gasteiger partial charge >= 0.3 is 0 Å². The molecule has 0 bridgehead atoms. The predicted octanol–water partition coefficient (Wildman–Crippen LogP) is 1.23. The highest BCUT2D eigenvalue weighted by Gasteiger charge is 2.40. The number of nitrogens with zero attached hydrogens (tertiary/aromatic N) is 1. The average Bonchev–Trinajstić information content (AvgIpc) is 2.76. The third-order valence-corrected chi connectivity index (χ3v) is 6.69. The van der Waals surface area contributed by atoms with Crippen molar-refractivity contribution >= 4 is 21.4 Å². The molecule has 0 aromatic carbocycles. The molecule has 1 aliphatic rings. The van der Waals surface area contributed by atoms with Gasteiger partial charge in [0.25, 0.3) is 0 Å². The van der Waals surface area contributed by atoms with Gasteiger partial charge < -0.3 is 10.2 Å². The van der Waals surface area contributed by atoms with Gasteiger partial charge in [0.1, 0.15) is 0 Å². The van der Waals surface area contributed by atoms with Gasteiger partial charge in [-0.2, -0.15) is 0 Å². The summed E-state index contributed by atoms with van der Waals surface area (Å²) in [5, 5.41) is 4.83. The quantitative estimate of drug-likeness (QED) is 0.794. The summed E-state index contributed by atoms with van der Waals surface area (Å²) in [7, 11) is 2.44. The van der Waals surface area contributed by atoms with Crippen LogP contribution in [-0.4, -0.2) is 46.5 Å². The fourth-order valence-electron chi connectivity index (χ4n) is 2.53. The summed E-state index contributed by atoms with van der Waals surface area (Å²) < 4.78 is 27.7. The Labute approximate surface area is 125 Å². The number of hydrogen-bond acceptors (Lipinski definition) is 5. The molecular formula is C13H23N3O2S2.